The van der Waals surface area contributed by atoms with Crippen molar-refractivity contribution in [1.82, 2.24) is 4.72 Å². The summed E-state index contributed by atoms with van der Waals surface area (Å²) in [6.07, 6.45) is 1.39. The lowest BCUT2D eigenvalue weighted by Crippen LogP contribution is -2.69. The molecule has 0 spiro atoms. The smallest absolute Gasteiger partial charge is 0.299 e. The Balaban J connectivity index is 1.56. The molecule has 10 heteroatoms. The first-order valence-corrected chi connectivity index (χ1v) is 16.5. The molecule has 0 aliphatic heterocycles. The van der Waals surface area contributed by atoms with E-state index in [4.69, 9.17) is 0 Å². The summed E-state index contributed by atoms with van der Waals surface area (Å²) >= 11 is 0. The molecule has 0 amide bonds. The van der Waals surface area contributed by atoms with Crippen LogP contribution in [0.25, 0.3) is 0 Å². The number of carbonyl (C=O) groups excluding carboxylic acids is 2. The van der Waals surface area contributed by atoms with E-state index in [0.29, 0.717) is 32.1 Å². The lowest BCUT2D eigenvalue weighted by molar-refractivity contribution is -0.183. The third kappa shape index (κ3) is 4.72. The maximum absolute atomic E-state index is 14.3. The summed E-state index contributed by atoms with van der Waals surface area (Å²) in [6, 6.07) is 2.11. The Morgan fingerprint density at radius 2 is 1.63 bits per heavy atom. The van der Waals surface area contributed by atoms with Crippen LogP contribution in [0, 0.1) is 62.6 Å². The zero-order valence-electron chi connectivity index (χ0n) is 25.0. The fraction of sp³-hybridized carbons (Fsp3) is 0.839. The second kappa shape index (κ2) is 9.14. The normalized spacial score (nSPS) is 43.5. The SMILES string of the molecule is CC1(C)CC[C@]2(NS(=O)(=O)CC(F)(F)F)CCC3[C@H](C(=O)C[C@@H]4[C@@]5(C)C=C(C#N)C(=O)C(C)(C)[C@@H]5CC[C@@]34C)[C@@H]2C1. The number of nitriles is 1. The summed E-state index contributed by atoms with van der Waals surface area (Å²) < 4.78 is 67.8. The largest absolute Gasteiger partial charge is 0.404 e. The van der Waals surface area contributed by atoms with Crippen LogP contribution in [-0.2, 0) is 19.6 Å². The first-order chi connectivity index (χ1) is 18.6. The van der Waals surface area contributed by atoms with E-state index in [9.17, 15) is 36.4 Å². The molecule has 1 N–H and O–H groups in total. The Morgan fingerprint density at radius 3 is 2.24 bits per heavy atom. The number of rotatable bonds is 3. The minimum atomic E-state index is -4.86. The van der Waals surface area contributed by atoms with Crippen LogP contribution in [0.3, 0.4) is 0 Å². The monoisotopic (exact) mass is 596 g/mol. The van der Waals surface area contributed by atoms with Gasteiger partial charge in [-0.2, -0.15) is 18.4 Å². The van der Waals surface area contributed by atoms with Crippen LogP contribution in [0.2, 0.25) is 0 Å². The van der Waals surface area contributed by atoms with Gasteiger partial charge in [-0.1, -0.05) is 47.6 Å². The summed E-state index contributed by atoms with van der Waals surface area (Å²) in [5.74, 6) is -3.04. The highest BCUT2D eigenvalue weighted by Crippen LogP contribution is 2.70. The Morgan fingerprint density at radius 1 is 0.976 bits per heavy atom. The third-order valence-electron chi connectivity index (χ3n) is 12.4. The van der Waals surface area contributed by atoms with Gasteiger partial charge in [0.15, 0.2) is 11.5 Å². The average molecular weight is 597 g/mol. The molecule has 0 radical (unpaired) electrons. The number of nitrogens with zero attached hydrogens (tertiary/aromatic N) is 1. The van der Waals surface area contributed by atoms with Crippen molar-refractivity contribution in [2.24, 2.45) is 51.2 Å². The summed E-state index contributed by atoms with van der Waals surface area (Å²) in [5.41, 5.74) is -2.66. The molecule has 0 bridgehead atoms. The third-order valence-corrected chi connectivity index (χ3v) is 13.8. The van der Waals surface area contributed by atoms with Crippen LogP contribution in [0.5, 0.6) is 0 Å². The van der Waals surface area contributed by atoms with Crippen LogP contribution in [0.15, 0.2) is 11.6 Å². The molecule has 228 valence electrons. The highest BCUT2D eigenvalue weighted by molar-refractivity contribution is 7.89. The molecule has 0 aromatic heterocycles. The molecule has 4 saturated carbocycles. The average Bonchev–Trinajstić information content (AvgIpc) is 2.81. The summed E-state index contributed by atoms with van der Waals surface area (Å²) in [7, 11) is -4.66. The number of hydrogen-bond donors (Lipinski definition) is 1. The Hall–Kier alpha value is -1.73. The number of sulfonamides is 1. The van der Waals surface area contributed by atoms with E-state index in [1.165, 1.54) is 0 Å². The zero-order chi connectivity index (χ0) is 30.6. The van der Waals surface area contributed by atoms with E-state index >= 15 is 0 Å². The molecule has 4 fully saturated rings. The topological polar surface area (TPSA) is 104 Å². The second-order valence-corrected chi connectivity index (χ2v) is 17.4. The second-order valence-electron chi connectivity index (χ2n) is 15.7. The van der Waals surface area contributed by atoms with Gasteiger partial charge in [-0.3, -0.25) is 9.59 Å². The van der Waals surface area contributed by atoms with Gasteiger partial charge in [-0.25, -0.2) is 13.1 Å². The number of Topliss-reactive ketones (excluding diaryl/α,β-unsaturated/α-hetero) is 2. The quantitative estimate of drug-likeness (QED) is 0.422. The zero-order valence-corrected chi connectivity index (χ0v) is 25.8. The van der Waals surface area contributed by atoms with Gasteiger partial charge in [0, 0.05) is 23.3 Å². The van der Waals surface area contributed by atoms with E-state index in [1.54, 1.807) is 0 Å². The van der Waals surface area contributed by atoms with Crippen molar-refractivity contribution in [1.29, 1.82) is 5.26 Å². The predicted molar refractivity (Wildman–Crippen MR) is 148 cm³/mol. The standard InChI is InChI=1S/C31H43F3N2O4S/c1-26(2)11-12-30(36-41(39,40)17-31(32,33)34)10-7-19-24(20(30)15-26)21(37)13-23-28(19,5)9-8-22-27(3,4)25(38)18(16-35)14-29(22,23)6/h14,19-20,22-24,36H,7-13,15,17H2,1-6H3/t19?,20-,22-,23-,24-,28-,29-,30+/m0/s1. The number of carbonyl (C=O) groups is 2. The molecule has 5 rings (SSSR count). The molecule has 6 nitrogen and oxygen atoms in total. The van der Waals surface area contributed by atoms with E-state index in [-0.39, 0.29) is 52.1 Å². The molecule has 41 heavy (non-hydrogen) atoms. The Labute approximate surface area is 241 Å². The number of hydrogen-bond acceptors (Lipinski definition) is 5. The molecule has 0 heterocycles. The highest BCUT2D eigenvalue weighted by atomic mass is 32.2. The van der Waals surface area contributed by atoms with Gasteiger partial charge in [-0.15, -0.1) is 0 Å². The fourth-order valence-corrected chi connectivity index (χ4v) is 12.1. The van der Waals surface area contributed by atoms with Crippen molar-refractivity contribution in [3.8, 4) is 6.07 Å². The first-order valence-electron chi connectivity index (χ1n) is 14.9. The van der Waals surface area contributed by atoms with Gasteiger partial charge in [0.2, 0.25) is 10.0 Å². The van der Waals surface area contributed by atoms with Crippen molar-refractivity contribution in [2.45, 2.75) is 105 Å². The maximum Gasteiger partial charge on any atom is 0.404 e. The van der Waals surface area contributed by atoms with Crippen LogP contribution >= 0.6 is 0 Å². The van der Waals surface area contributed by atoms with Crippen molar-refractivity contribution in [3.05, 3.63) is 11.6 Å². The number of ketones is 2. The molecule has 8 atom stereocenters. The van der Waals surface area contributed by atoms with Crippen molar-refractivity contribution < 1.29 is 31.2 Å². The van der Waals surface area contributed by atoms with E-state index < -0.39 is 50.2 Å². The molecular weight excluding hydrogens is 553 g/mol. The van der Waals surface area contributed by atoms with Crippen LogP contribution in [-0.4, -0.2) is 37.5 Å². The summed E-state index contributed by atoms with van der Waals surface area (Å²) in [6.45, 7) is 12.3. The fourth-order valence-electron chi connectivity index (χ4n) is 10.7. The molecule has 0 saturated heterocycles. The minimum Gasteiger partial charge on any atom is -0.299 e. The highest BCUT2D eigenvalue weighted by Gasteiger charge is 2.68. The molecule has 5 aliphatic rings. The molecular formula is C31H43F3N2O4S. The van der Waals surface area contributed by atoms with Gasteiger partial charge in [-0.05, 0) is 84.9 Å². The van der Waals surface area contributed by atoms with Gasteiger partial charge in [0.1, 0.15) is 11.9 Å². The van der Waals surface area contributed by atoms with Gasteiger partial charge in [0.05, 0.1) is 5.57 Å². The van der Waals surface area contributed by atoms with E-state index in [2.05, 4.69) is 38.5 Å². The van der Waals surface area contributed by atoms with Crippen molar-refractivity contribution >= 4 is 21.6 Å². The molecule has 0 aromatic rings. The Kier molecular flexibility index (Phi) is 6.85. The number of allylic oxidation sites excluding steroid dienone is 2. The van der Waals surface area contributed by atoms with Crippen LogP contribution in [0.1, 0.15) is 92.9 Å². The number of fused-ring (bicyclic) bond motifs is 7. The number of halogens is 3. The van der Waals surface area contributed by atoms with Crippen LogP contribution in [0.4, 0.5) is 13.2 Å². The van der Waals surface area contributed by atoms with Crippen molar-refractivity contribution in [3.63, 3.8) is 0 Å². The summed E-state index contributed by atoms with van der Waals surface area (Å²) in [5, 5.41) is 9.84. The lowest BCUT2D eigenvalue weighted by atomic mass is 9.36. The number of alkyl halides is 3. The summed E-state index contributed by atoms with van der Waals surface area (Å²) in [4.78, 5) is 27.5. The molecule has 0 aromatic carbocycles. The van der Waals surface area contributed by atoms with Gasteiger partial charge < -0.3 is 0 Å². The van der Waals surface area contributed by atoms with Crippen molar-refractivity contribution in [2.75, 3.05) is 5.75 Å². The van der Waals surface area contributed by atoms with Crippen LogP contribution < -0.4 is 4.72 Å². The maximum atomic E-state index is 14.3. The first kappa shape index (κ1) is 30.7. The molecule has 1 unspecified atom stereocenters. The van der Waals surface area contributed by atoms with E-state index in [0.717, 1.165) is 12.8 Å². The predicted octanol–water partition coefficient (Wildman–Crippen LogP) is 6.13. The molecule has 5 aliphatic carbocycles. The number of nitrogens with one attached hydrogen (secondary N) is 1. The Bertz CT molecular complexity index is 1350. The van der Waals surface area contributed by atoms with Gasteiger partial charge in [0.25, 0.3) is 0 Å². The van der Waals surface area contributed by atoms with Gasteiger partial charge >= 0.3 is 6.18 Å². The lowest BCUT2D eigenvalue weighted by Gasteiger charge is -2.68. The minimum absolute atomic E-state index is 0.0208. The van der Waals surface area contributed by atoms with E-state index in [1.807, 2.05) is 19.9 Å².